The van der Waals surface area contributed by atoms with E-state index in [0.29, 0.717) is 11.5 Å². The Morgan fingerprint density at radius 2 is 2.12 bits per heavy atom. The molecule has 1 saturated heterocycles. The quantitative estimate of drug-likeness (QED) is 0.889. The second-order valence-corrected chi connectivity index (χ2v) is 5.00. The molecule has 1 heterocycles. The molecule has 0 amide bonds. The number of hydrogen-bond acceptors (Lipinski definition) is 4. The summed E-state index contributed by atoms with van der Waals surface area (Å²) >= 11 is 3.44. The second-order valence-electron chi connectivity index (χ2n) is 4.14. The molecule has 0 aliphatic carbocycles. The molecule has 1 aliphatic rings. The summed E-state index contributed by atoms with van der Waals surface area (Å²) in [7, 11) is 1.59. The Morgan fingerprint density at radius 1 is 1.41 bits per heavy atom. The highest BCUT2D eigenvalue weighted by Gasteiger charge is 2.14. The lowest BCUT2D eigenvalue weighted by Gasteiger charge is -2.27. The van der Waals surface area contributed by atoms with Crippen LogP contribution in [0.15, 0.2) is 16.6 Å². The van der Waals surface area contributed by atoms with Crippen LogP contribution in [-0.2, 0) is 6.54 Å². The van der Waals surface area contributed by atoms with E-state index in [1.807, 2.05) is 6.07 Å². The molecule has 2 N–H and O–H groups in total. The van der Waals surface area contributed by atoms with E-state index in [9.17, 15) is 5.11 Å². The molecular weight excluding hydrogens is 284 g/mol. The molecule has 94 valence electrons. The molecule has 0 spiro atoms. The number of halogens is 1. The van der Waals surface area contributed by atoms with Crippen molar-refractivity contribution in [2.45, 2.75) is 6.54 Å². The first-order valence-corrected chi connectivity index (χ1v) is 6.48. The van der Waals surface area contributed by atoms with Crippen molar-refractivity contribution in [3.8, 4) is 11.5 Å². The van der Waals surface area contributed by atoms with Crippen LogP contribution in [0.3, 0.4) is 0 Å². The predicted molar refractivity (Wildman–Crippen MR) is 70.5 cm³/mol. The number of aromatic hydroxyl groups is 1. The number of benzene rings is 1. The van der Waals surface area contributed by atoms with Gasteiger partial charge in [-0.05, 0) is 22.0 Å². The number of phenols is 1. The summed E-state index contributed by atoms with van der Waals surface area (Å²) in [6.45, 7) is 4.83. The summed E-state index contributed by atoms with van der Waals surface area (Å²) in [6, 6.07) is 3.58. The van der Waals surface area contributed by atoms with Gasteiger partial charge in [0.2, 0.25) is 0 Å². The van der Waals surface area contributed by atoms with Crippen molar-refractivity contribution in [1.29, 1.82) is 0 Å². The lowest BCUT2D eigenvalue weighted by Crippen LogP contribution is -2.42. The van der Waals surface area contributed by atoms with Gasteiger partial charge in [0.25, 0.3) is 0 Å². The zero-order valence-electron chi connectivity index (χ0n) is 9.87. The molecule has 0 radical (unpaired) electrons. The maximum absolute atomic E-state index is 9.93. The Hall–Kier alpha value is -0.780. The summed E-state index contributed by atoms with van der Waals surface area (Å²) in [5.74, 6) is 0.954. The third-order valence-electron chi connectivity index (χ3n) is 2.96. The van der Waals surface area contributed by atoms with E-state index in [1.54, 1.807) is 13.2 Å². The van der Waals surface area contributed by atoms with Crippen molar-refractivity contribution in [1.82, 2.24) is 10.2 Å². The van der Waals surface area contributed by atoms with Crippen LogP contribution in [-0.4, -0.2) is 43.3 Å². The molecule has 1 aliphatic heterocycles. The average Bonchev–Trinajstić information content (AvgIpc) is 2.34. The fraction of sp³-hybridized carbons (Fsp3) is 0.500. The molecule has 2 rings (SSSR count). The summed E-state index contributed by atoms with van der Waals surface area (Å²) in [5, 5.41) is 13.2. The fourth-order valence-corrected chi connectivity index (χ4v) is 2.53. The molecule has 0 bridgehead atoms. The Morgan fingerprint density at radius 3 is 2.76 bits per heavy atom. The van der Waals surface area contributed by atoms with Crippen LogP contribution in [0.4, 0.5) is 0 Å². The van der Waals surface area contributed by atoms with E-state index in [-0.39, 0.29) is 0 Å². The highest BCUT2D eigenvalue weighted by atomic mass is 79.9. The highest BCUT2D eigenvalue weighted by molar-refractivity contribution is 9.10. The van der Waals surface area contributed by atoms with Crippen LogP contribution in [0, 0.1) is 0 Å². The topological polar surface area (TPSA) is 44.7 Å². The molecular formula is C12H17BrN2O2. The van der Waals surface area contributed by atoms with Gasteiger partial charge in [-0.3, -0.25) is 4.90 Å². The van der Waals surface area contributed by atoms with Crippen LogP contribution >= 0.6 is 15.9 Å². The smallest absolute Gasteiger partial charge is 0.136 e. The van der Waals surface area contributed by atoms with Gasteiger partial charge in [0, 0.05) is 44.4 Å². The van der Waals surface area contributed by atoms with E-state index < -0.39 is 0 Å². The Kier molecular flexibility index (Phi) is 4.25. The number of phenolic OH excluding ortho intramolecular Hbond substituents is 1. The van der Waals surface area contributed by atoms with Crippen LogP contribution in [0.5, 0.6) is 11.5 Å². The molecule has 4 nitrogen and oxygen atoms in total. The first kappa shape index (κ1) is 12.7. The summed E-state index contributed by atoms with van der Waals surface area (Å²) < 4.78 is 6.02. The van der Waals surface area contributed by atoms with Crippen LogP contribution in [0.25, 0.3) is 0 Å². The Balaban J connectivity index is 2.12. The van der Waals surface area contributed by atoms with Gasteiger partial charge in [-0.1, -0.05) is 0 Å². The van der Waals surface area contributed by atoms with Crippen LogP contribution in [0.2, 0.25) is 0 Å². The van der Waals surface area contributed by atoms with Gasteiger partial charge in [-0.15, -0.1) is 0 Å². The highest BCUT2D eigenvalue weighted by Crippen LogP contribution is 2.32. The van der Waals surface area contributed by atoms with Crippen LogP contribution in [0.1, 0.15) is 5.56 Å². The average molecular weight is 301 g/mol. The third kappa shape index (κ3) is 3.12. The maximum atomic E-state index is 9.93. The number of hydrogen-bond donors (Lipinski definition) is 2. The molecule has 0 aromatic heterocycles. The van der Waals surface area contributed by atoms with Gasteiger partial charge in [0.1, 0.15) is 11.5 Å². The lowest BCUT2D eigenvalue weighted by atomic mass is 10.1. The zero-order chi connectivity index (χ0) is 12.3. The molecule has 1 aromatic carbocycles. The van der Waals surface area contributed by atoms with Gasteiger partial charge in [-0.2, -0.15) is 0 Å². The van der Waals surface area contributed by atoms with Gasteiger partial charge in [0.05, 0.1) is 11.6 Å². The van der Waals surface area contributed by atoms with Crippen molar-refractivity contribution in [3.63, 3.8) is 0 Å². The normalized spacial score (nSPS) is 17.1. The minimum absolute atomic E-state index is 0.295. The van der Waals surface area contributed by atoms with Gasteiger partial charge < -0.3 is 15.2 Å². The van der Waals surface area contributed by atoms with Crippen molar-refractivity contribution < 1.29 is 9.84 Å². The summed E-state index contributed by atoms with van der Waals surface area (Å²) in [6.07, 6.45) is 0. The van der Waals surface area contributed by atoms with E-state index in [1.165, 1.54) is 0 Å². The largest absolute Gasteiger partial charge is 0.507 e. The number of nitrogens with zero attached hydrogens (tertiary/aromatic N) is 1. The second kappa shape index (κ2) is 5.71. The number of ether oxygens (including phenoxy) is 1. The molecule has 17 heavy (non-hydrogen) atoms. The van der Waals surface area contributed by atoms with E-state index >= 15 is 0 Å². The van der Waals surface area contributed by atoms with Crippen molar-refractivity contribution >= 4 is 15.9 Å². The Bertz CT molecular complexity index is 392. The summed E-state index contributed by atoms with van der Waals surface area (Å²) in [5.41, 5.74) is 0.930. The van der Waals surface area contributed by atoms with Crippen molar-refractivity contribution in [2.24, 2.45) is 0 Å². The standard InChI is InChI=1S/C12H17BrN2O2/c1-17-12-7-11(16)9(6-10(12)13)8-15-4-2-14-3-5-15/h6-7,14,16H,2-5,8H2,1H3. The number of methoxy groups -OCH3 is 1. The predicted octanol–water partition coefficient (Wildman–Crippen LogP) is 1.57. The molecule has 5 heteroatoms. The fourth-order valence-electron chi connectivity index (χ4n) is 1.98. The van der Waals surface area contributed by atoms with E-state index in [2.05, 4.69) is 26.1 Å². The molecule has 1 fully saturated rings. The molecule has 1 aromatic rings. The van der Waals surface area contributed by atoms with E-state index in [4.69, 9.17) is 4.74 Å². The molecule has 0 unspecified atom stereocenters. The third-order valence-corrected chi connectivity index (χ3v) is 3.58. The maximum Gasteiger partial charge on any atom is 0.136 e. The summed E-state index contributed by atoms with van der Waals surface area (Å²) in [4.78, 5) is 2.32. The van der Waals surface area contributed by atoms with Gasteiger partial charge in [0.15, 0.2) is 0 Å². The van der Waals surface area contributed by atoms with Gasteiger partial charge >= 0.3 is 0 Å². The first-order valence-electron chi connectivity index (χ1n) is 5.69. The minimum atomic E-state index is 0.295. The monoisotopic (exact) mass is 300 g/mol. The number of nitrogens with one attached hydrogen (secondary N) is 1. The molecule has 0 atom stereocenters. The zero-order valence-corrected chi connectivity index (χ0v) is 11.5. The number of rotatable bonds is 3. The minimum Gasteiger partial charge on any atom is -0.507 e. The van der Waals surface area contributed by atoms with E-state index in [0.717, 1.165) is 42.8 Å². The van der Waals surface area contributed by atoms with Crippen molar-refractivity contribution in [3.05, 3.63) is 22.2 Å². The lowest BCUT2D eigenvalue weighted by molar-refractivity contribution is 0.230. The van der Waals surface area contributed by atoms with Gasteiger partial charge in [-0.25, -0.2) is 0 Å². The Labute approximate surface area is 110 Å². The molecule has 0 saturated carbocycles. The van der Waals surface area contributed by atoms with Crippen molar-refractivity contribution in [2.75, 3.05) is 33.3 Å². The first-order chi connectivity index (χ1) is 8.20. The number of piperazine rings is 1. The SMILES string of the molecule is COc1cc(O)c(CN2CCNCC2)cc1Br. The van der Waals surface area contributed by atoms with Crippen LogP contribution < -0.4 is 10.1 Å².